The van der Waals surface area contributed by atoms with Crippen molar-refractivity contribution in [3.05, 3.63) is 70.3 Å². The van der Waals surface area contributed by atoms with Crippen molar-refractivity contribution >= 4 is 0 Å². The monoisotopic (exact) mass is 253 g/mol. The molecule has 0 saturated carbocycles. The molecule has 0 radical (unpaired) electrons. The quantitative estimate of drug-likeness (QED) is 0.848. The van der Waals surface area contributed by atoms with Crippen molar-refractivity contribution in [1.82, 2.24) is 5.32 Å². The van der Waals surface area contributed by atoms with E-state index in [4.69, 9.17) is 0 Å². The zero-order valence-corrected chi connectivity index (χ0v) is 12.3. The minimum atomic E-state index is 0.376. The molecular formula is C18H23N. The summed E-state index contributed by atoms with van der Waals surface area (Å²) in [5.41, 5.74) is 6.80. The molecule has 0 amide bonds. The third-order valence-corrected chi connectivity index (χ3v) is 3.76. The van der Waals surface area contributed by atoms with E-state index in [-0.39, 0.29) is 0 Å². The molecule has 100 valence electrons. The first-order valence-corrected chi connectivity index (χ1v) is 6.93. The fourth-order valence-electron chi connectivity index (χ4n) is 2.44. The van der Waals surface area contributed by atoms with Gasteiger partial charge < -0.3 is 5.32 Å². The van der Waals surface area contributed by atoms with Crippen molar-refractivity contribution in [3.63, 3.8) is 0 Å². The van der Waals surface area contributed by atoms with Gasteiger partial charge in [-0.2, -0.15) is 0 Å². The molecule has 0 spiro atoms. The minimum absolute atomic E-state index is 0.376. The number of rotatable bonds is 4. The first kappa shape index (κ1) is 13.8. The molecule has 0 bridgehead atoms. The van der Waals surface area contributed by atoms with Crippen LogP contribution in [0.3, 0.4) is 0 Å². The van der Waals surface area contributed by atoms with E-state index in [9.17, 15) is 0 Å². The Balaban J connectivity index is 2.06. The summed E-state index contributed by atoms with van der Waals surface area (Å²) < 4.78 is 0. The smallest absolute Gasteiger partial charge is 0.0297 e. The van der Waals surface area contributed by atoms with Crippen molar-refractivity contribution < 1.29 is 0 Å². The Bertz CT molecular complexity index is 557. The van der Waals surface area contributed by atoms with Gasteiger partial charge in [-0.05, 0) is 49.9 Å². The Morgan fingerprint density at radius 1 is 0.947 bits per heavy atom. The number of hydrogen-bond donors (Lipinski definition) is 1. The van der Waals surface area contributed by atoms with E-state index in [1.165, 1.54) is 27.8 Å². The topological polar surface area (TPSA) is 12.0 Å². The molecule has 0 aliphatic heterocycles. The largest absolute Gasteiger partial charge is 0.306 e. The predicted octanol–water partition coefficient (Wildman–Crippen LogP) is 4.46. The van der Waals surface area contributed by atoms with E-state index < -0.39 is 0 Å². The zero-order valence-electron chi connectivity index (χ0n) is 12.3. The molecule has 2 rings (SSSR count). The predicted molar refractivity (Wildman–Crippen MR) is 82.3 cm³/mol. The van der Waals surface area contributed by atoms with Gasteiger partial charge in [-0.1, -0.05) is 48.0 Å². The Morgan fingerprint density at radius 3 is 2.42 bits per heavy atom. The Labute approximate surface area is 116 Å². The van der Waals surface area contributed by atoms with Crippen LogP contribution >= 0.6 is 0 Å². The molecule has 0 unspecified atom stereocenters. The van der Waals surface area contributed by atoms with Gasteiger partial charge in [-0.3, -0.25) is 0 Å². The van der Waals surface area contributed by atoms with Gasteiger partial charge >= 0.3 is 0 Å². The number of nitrogens with one attached hydrogen (secondary N) is 1. The van der Waals surface area contributed by atoms with Crippen LogP contribution in [0.25, 0.3) is 0 Å². The molecule has 1 N–H and O–H groups in total. The van der Waals surface area contributed by atoms with Crippen molar-refractivity contribution in [2.75, 3.05) is 0 Å². The van der Waals surface area contributed by atoms with Gasteiger partial charge in [0.15, 0.2) is 0 Å². The van der Waals surface area contributed by atoms with Crippen molar-refractivity contribution in [2.45, 2.75) is 40.3 Å². The summed E-state index contributed by atoms with van der Waals surface area (Å²) in [6, 6.07) is 15.6. The fourth-order valence-corrected chi connectivity index (χ4v) is 2.44. The van der Waals surface area contributed by atoms with E-state index in [0.717, 1.165) is 6.54 Å². The molecule has 1 atom stereocenters. The average Bonchev–Trinajstić information content (AvgIpc) is 2.40. The summed E-state index contributed by atoms with van der Waals surface area (Å²) in [5, 5.41) is 3.62. The fraction of sp³-hybridized carbons (Fsp3) is 0.333. The van der Waals surface area contributed by atoms with E-state index >= 15 is 0 Å². The first-order chi connectivity index (χ1) is 9.08. The molecular weight excluding hydrogens is 230 g/mol. The molecule has 2 aromatic rings. The van der Waals surface area contributed by atoms with Crippen LogP contribution in [-0.4, -0.2) is 0 Å². The lowest BCUT2D eigenvalue weighted by Gasteiger charge is -2.17. The number of aryl methyl sites for hydroxylation is 3. The Hall–Kier alpha value is -1.60. The zero-order chi connectivity index (χ0) is 13.8. The van der Waals surface area contributed by atoms with Crippen LogP contribution < -0.4 is 5.32 Å². The number of hydrogen-bond acceptors (Lipinski definition) is 1. The third-order valence-electron chi connectivity index (χ3n) is 3.76. The highest BCUT2D eigenvalue weighted by molar-refractivity contribution is 5.31. The molecule has 0 heterocycles. The molecule has 0 aromatic heterocycles. The maximum Gasteiger partial charge on any atom is 0.0297 e. The van der Waals surface area contributed by atoms with Gasteiger partial charge in [-0.25, -0.2) is 0 Å². The summed E-state index contributed by atoms with van der Waals surface area (Å²) in [6.07, 6.45) is 0. The van der Waals surface area contributed by atoms with Crippen LogP contribution in [0.4, 0.5) is 0 Å². The molecule has 0 fully saturated rings. The summed E-state index contributed by atoms with van der Waals surface area (Å²) >= 11 is 0. The lowest BCUT2D eigenvalue weighted by Crippen LogP contribution is -2.19. The second kappa shape index (κ2) is 6.03. The minimum Gasteiger partial charge on any atom is -0.306 e. The van der Waals surface area contributed by atoms with Crippen LogP contribution in [0.15, 0.2) is 42.5 Å². The summed E-state index contributed by atoms with van der Waals surface area (Å²) in [6.45, 7) is 9.64. The van der Waals surface area contributed by atoms with Crippen molar-refractivity contribution in [1.29, 1.82) is 0 Å². The van der Waals surface area contributed by atoms with Crippen molar-refractivity contribution in [3.8, 4) is 0 Å². The molecule has 0 aliphatic rings. The van der Waals surface area contributed by atoms with Gasteiger partial charge in [0, 0.05) is 12.6 Å². The lowest BCUT2D eigenvalue weighted by molar-refractivity contribution is 0.571. The normalized spacial score (nSPS) is 12.4. The molecule has 1 nitrogen and oxygen atoms in total. The average molecular weight is 253 g/mol. The summed E-state index contributed by atoms with van der Waals surface area (Å²) in [5.74, 6) is 0. The van der Waals surface area contributed by atoms with Gasteiger partial charge in [-0.15, -0.1) is 0 Å². The lowest BCUT2D eigenvalue weighted by atomic mass is 10.0. The second-order valence-corrected chi connectivity index (χ2v) is 5.39. The standard InChI is InChI=1S/C18H23N/c1-13-9-10-14(2)17(11-13)12-19-16(4)18-8-6-5-7-15(18)3/h5-11,16,19H,12H2,1-4H3/t16-/m0/s1. The molecule has 2 aromatic carbocycles. The molecule has 19 heavy (non-hydrogen) atoms. The van der Waals surface area contributed by atoms with Gasteiger partial charge in [0.1, 0.15) is 0 Å². The van der Waals surface area contributed by atoms with E-state index in [2.05, 4.69) is 75.5 Å². The van der Waals surface area contributed by atoms with Crippen LogP contribution in [0, 0.1) is 20.8 Å². The van der Waals surface area contributed by atoms with E-state index in [0.29, 0.717) is 6.04 Å². The Kier molecular flexibility index (Phi) is 4.39. The molecule has 0 saturated heterocycles. The van der Waals surface area contributed by atoms with Crippen LogP contribution in [0.5, 0.6) is 0 Å². The van der Waals surface area contributed by atoms with Crippen LogP contribution in [-0.2, 0) is 6.54 Å². The maximum absolute atomic E-state index is 3.62. The van der Waals surface area contributed by atoms with E-state index in [1.54, 1.807) is 0 Å². The second-order valence-electron chi connectivity index (χ2n) is 5.39. The van der Waals surface area contributed by atoms with E-state index in [1.807, 2.05) is 0 Å². The number of benzene rings is 2. The summed E-state index contributed by atoms with van der Waals surface area (Å²) in [4.78, 5) is 0. The molecule has 1 heteroatoms. The third kappa shape index (κ3) is 3.45. The highest BCUT2D eigenvalue weighted by Crippen LogP contribution is 2.18. The maximum atomic E-state index is 3.62. The molecule has 0 aliphatic carbocycles. The van der Waals surface area contributed by atoms with Gasteiger partial charge in [0.25, 0.3) is 0 Å². The van der Waals surface area contributed by atoms with Gasteiger partial charge in [0.05, 0.1) is 0 Å². The SMILES string of the molecule is Cc1ccc(C)c(CN[C@@H](C)c2ccccc2C)c1. The van der Waals surface area contributed by atoms with Crippen LogP contribution in [0.1, 0.15) is 40.8 Å². The first-order valence-electron chi connectivity index (χ1n) is 6.93. The Morgan fingerprint density at radius 2 is 1.68 bits per heavy atom. The summed E-state index contributed by atoms with van der Waals surface area (Å²) in [7, 11) is 0. The highest BCUT2D eigenvalue weighted by Gasteiger charge is 2.07. The highest BCUT2D eigenvalue weighted by atomic mass is 14.9. The van der Waals surface area contributed by atoms with Crippen molar-refractivity contribution in [2.24, 2.45) is 0 Å². The van der Waals surface area contributed by atoms with Gasteiger partial charge in [0.2, 0.25) is 0 Å². The van der Waals surface area contributed by atoms with Crippen LogP contribution in [0.2, 0.25) is 0 Å².